The van der Waals surface area contributed by atoms with E-state index in [-0.39, 0.29) is 11.9 Å². The van der Waals surface area contributed by atoms with Crippen molar-refractivity contribution in [3.8, 4) is 0 Å². The molecular formula is C12H18N4O. The van der Waals surface area contributed by atoms with Gasteiger partial charge in [-0.05, 0) is 18.6 Å². The van der Waals surface area contributed by atoms with Gasteiger partial charge < -0.3 is 10.6 Å². The van der Waals surface area contributed by atoms with Crippen molar-refractivity contribution in [2.45, 2.75) is 19.5 Å². The molecule has 1 saturated heterocycles. The van der Waals surface area contributed by atoms with Crippen molar-refractivity contribution in [3.63, 3.8) is 0 Å². The minimum Gasteiger partial charge on any atom is -0.373 e. The van der Waals surface area contributed by atoms with Gasteiger partial charge in [-0.2, -0.15) is 0 Å². The smallest absolute Gasteiger partial charge is 0.237 e. The van der Waals surface area contributed by atoms with E-state index in [0.29, 0.717) is 0 Å². The monoisotopic (exact) mass is 234 g/mol. The molecule has 5 heteroatoms. The van der Waals surface area contributed by atoms with E-state index in [4.69, 9.17) is 0 Å². The van der Waals surface area contributed by atoms with Crippen LogP contribution in [-0.4, -0.2) is 42.0 Å². The summed E-state index contributed by atoms with van der Waals surface area (Å²) in [5, 5.41) is 5.84. The van der Waals surface area contributed by atoms with Crippen LogP contribution in [0, 0.1) is 0 Å². The molecule has 2 N–H and O–H groups in total. The highest BCUT2D eigenvalue weighted by Gasteiger charge is 2.25. The quantitative estimate of drug-likeness (QED) is 0.797. The van der Waals surface area contributed by atoms with Crippen molar-refractivity contribution in [1.29, 1.82) is 0 Å². The summed E-state index contributed by atoms with van der Waals surface area (Å²) in [6.45, 7) is 4.32. The van der Waals surface area contributed by atoms with E-state index in [9.17, 15) is 4.79 Å². The molecule has 2 heterocycles. The lowest BCUT2D eigenvalue weighted by Gasteiger charge is -2.32. The summed E-state index contributed by atoms with van der Waals surface area (Å²) in [5.41, 5.74) is 1.13. The highest BCUT2D eigenvalue weighted by Crippen LogP contribution is 2.11. The maximum atomic E-state index is 11.5. The van der Waals surface area contributed by atoms with E-state index in [1.165, 1.54) is 0 Å². The lowest BCUT2D eigenvalue weighted by atomic mass is 10.1. The highest BCUT2D eigenvalue weighted by atomic mass is 16.2. The summed E-state index contributed by atoms with van der Waals surface area (Å²) in [4.78, 5) is 17.9. The maximum absolute atomic E-state index is 11.5. The first-order valence-corrected chi connectivity index (χ1v) is 5.85. The number of nitrogens with one attached hydrogen (secondary N) is 2. The van der Waals surface area contributed by atoms with Crippen molar-refractivity contribution in [3.05, 3.63) is 23.9 Å². The van der Waals surface area contributed by atoms with E-state index in [1.807, 2.05) is 32.3 Å². The second-order valence-electron chi connectivity index (χ2n) is 4.24. The van der Waals surface area contributed by atoms with Gasteiger partial charge in [0.15, 0.2) is 0 Å². The first kappa shape index (κ1) is 11.9. The molecule has 0 aliphatic carbocycles. The molecule has 2 rings (SSSR count). The van der Waals surface area contributed by atoms with Gasteiger partial charge in [0.2, 0.25) is 5.91 Å². The van der Waals surface area contributed by atoms with E-state index >= 15 is 0 Å². The van der Waals surface area contributed by atoms with Gasteiger partial charge in [0.05, 0.1) is 6.04 Å². The number of piperazine rings is 1. The lowest BCUT2D eigenvalue weighted by molar-refractivity contribution is -0.128. The molecule has 5 nitrogen and oxygen atoms in total. The third kappa shape index (κ3) is 2.74. The molecule has 1 fully saturated rings. The van der Waals surface area contributed by atoms with Crippen LogP contribution in [0.1, 0.15) is 12.5 Å². The summed E-state index contributed by atoms with van der Waals surface area (Å²) in [6.07, 6.45) is 1.85. The standard InChI is InChI=1S/C12H18N4O/c1-9-12(17)14-5-6-16(9)8-10-3-4-11(13-2)15-7-10/h3-4,7,9H,5-6,8H2,1-2H3,(H,13,15)(H,14,17). The zero-order valence-corrected chi connectivity index (χ0v) is 10.2. The fourth-order valence-electron chi connectivity index (χ4n) is 1.95. The number of aromatic nitrogens is 1. The fraction of sp³-hybridized carbons (Fsp3) is 0.500. The van der Waals surface area contributed by atoms with Gasteiger partial charge in [-0.25, -0.2) is 4.98 Å². The van der Waals surface area contributed by atoms with E-state index < -0.39 is 0 Å². The Morgan fingerprint density at radius 1 is 1.59 bits per heavy atom. The van der Waals surface area contributed by atoms with Crippen LogP contribution in [0.25, 0.3) is 0 Å². The van der Waals surface area contributed by atoms with Crippen LogP contribution in [0.2, 0.25) is 0 Å². The largest absolute Gasteiger partial charge is 0.373 e. The van der Waals surface area contributed by atoms with Gasteiger partial charge in [0, 0.05) is 32.9 Å². The van der Waals surface area contributed by atoms with Crippen molar-refractivity contribution in [2.24, 2.45) is 0 Å². The van der Waals surface area contributed by atoms with Crippen LogP contribution in [0.5, 0.6) is 0 Å². The van der Waals surface area contributed by atoms with Crippen LogP contribution in [0.15, 0.2) is 18.3 Å². The molecule has 0 aromatic carbocycles. The summed E-state index contributed by atoms with van der Waals surface area (Å²) < 4.78 is 0. The molecule has 1 aliphatic rings. The van der Waals surface area contributed by atoms with Gasteiger partial charge in [-0.1, -0.05) is 6.07 Å². The van der Waals surface area contributed by atoms with Gasteiger partial charge in [0.25, 0.3) is 0 Å². The molecular weight excluding hydrogens is 216 g/mol. The molecule has 1 atom stereocenters. The van der Waals surface area contributed by atoms with Crippen LogP contribution >= 0.6 is 0 Å². The van der Waals surface area contributed by atoms with Crippen LogP contribution in [-0.2, 0) is 11.3 Å². The second kappa shape index (κ2) is 5.14. The maximum Gasteiger partial charge on any atom is 0.237 e. The average Bonchev–Trinajstić information content (AvgIpc) is 2.36. The van der Waals surface area contributed by atoms with Crippen molar-refractivity contribution >= 4 is 11.7 Å². The molecule has 1 amide bonds. The summed E-state index contributed by atoms with van der Waals surface area (Å²) in [7, 11) is 1.85. The first-order chi connectivity index (χ1) is 8.20. The van der Waals surface area contributed by atoms with E-state index in [1.54, 1.807) is 0 Å². The van der Waals surface area contributed by atoms with Crippen LogP contribution in [0.3, 0.4) is 0 Å². The Kier molecular flexibility index (Phi) is 3.58. The molecule has 1 aliphatic heterocycles. The average molecular weight is 234 g/mol. The number of hydrogen-bond donors (Lipinski definition) is 2. The normalized spacial score (nSPS) is 21.1. The van der Waals surface area contributed by atoms with E-state index in [2.05, 4.69) is 20.5 Å². The zero-order valence-electron chi connectivity index (χ0n) is 10.2. The zero-order chi connectivity index (χ0) is 12.3. The fourth-order valence-corrected chi connectivity index (χ4v) is 1.95. The predicted molar refractivity (Wildman–Crippen MR) is 66.7 cm³/mol. The Balaban J connectivity index is 2.01. The molecule has 17 heavy (non-hydrogen) atoms. The number of nitrogens with zero attached hydrogens (tertiary/aromatic N) is 2. The predicted octanol–water partition coefficient (Wildman–Crippen LogP) is 0.444. The SMILES string of the molecule is CNc1ccc(CN2CCNC(=O)C2C)cn1. The van der Waals surface area contributed by atoms with Gasteiger partial charge in [0.1, 0.15) is 5.82 Å². The van der Waals surface area contributed by atoms with Gasteiger partial charge in [-0.3, -0.25) is 9.69 Å². The van der Waals surface area contributed by atoms with Crippen LogP contribution in [0.4, 0.5) is 5.82 Å². The van der Waals surface area contributed by atoms with Gasteiger partial charge >= 0.3 is 0 Å². The first-order valence-electron chi connectivity index (χ1n) is 5.85. The van der Waals surface area contributed by atoms with Crippen molar-refractivity contribution in [2.75, 3.05) is 25.5 Å². The third-order valence-corrected chi connectivity index (χ3v) is 3.09. The van der Waals surface area contributed by atoms with Crippen molar-refractivity contribution < 1.29 is 4.79 Å². The number of hydrogen-bond acceptors (Lipinski definition) is 4. The lowest BCUT2D eigenvalue weighted by Crippen LogP contribution is -2.53. The summed E-state index contributed by atoms with van der Waals surface area (Å²) in [5.74, 6) is 0.967. The molecule has 0 bridgehead atoms. The van der Waals surface area contributed by atoms with Crippen LogP contribution < -0.4 is 10.6 Å². The number of pyridine rings is 1. The molecule has 1 unspecified atom stereocenters. The molecule has 1 aromatic rings. The summed E-state index contributed by atoms with van der Waals surface area (Å²) >= 11 is 0. The molecule has 0 radical (unpaired) electrons. The Bertz CT molecular complexity index is 390. The Labute approximate surface area is 101 Å². The second-order valence-corrected chi connectivity index (χ2v) is 4.24. The number of rotatable bonds is 3. The summed E-state index contributed by atoms with van der Waals surface area (Å²) in [6, 6.07) is 3.93. The Hall–Kier alpha value is -1.62. The van der Waals surface area contributed by atoms with E-state index in [0.717, 1.165) is 31.0 Å². The molecule has 0 spiro atoms. The topological polar surface area (TPSA) is 57.3 Å². The minimum absolute atomic E-state index is 0.0623. The molecule has 92 valence electrons. The molecule has 1 aromatic heterocycles. The highest BCUT2D eigenvalue weighted by molar-refractivity contribution is 5.81. The number of anilines is 1. The third-order valence-electron chi connectivity index (χ3n) is 3.09. The number of carbonyl (C=O) groups excluding carboxylic acids is 1. The minimum atomic E-state index is -0.0623. The number of amides is 1. The number of carbonyl (C=O) groups is 1. The Morgan fingerprint density at radius 3 is 3.06 bits per heavy atom. The van der Waals surface area contributed by atoms with Crippen molar-refractivity contribution in [1.82, 2.24) is 15.2 Å². The Morgan fingerprint density at radius 2 is 2.41 bits per heavy atom. The molecule has 0 saturated carbocycles. The van der Waals surface area contributed by atoms with Gasteiger partial charge in [-0.15, -0.1) is 0 Å².